The number of halogens is 3. The highest BCUT2D eigenvalue weighted by molar-refractivity contribution is 8.13. The Balaban J connectivity index is 1.95. The van der Waals surface area contributed by atoms with Crippen molar-refractivity contribution in [2.45, 2.75) is 17.5 Å². The van der Waals surface area contributed by atoms with E-state index in [0.717, 1.165) is 16.4 Å². The SMILES string of the molecule is CN(C)S(=O)(=O)c1cccc(C(=O)N2CCCSC2=Nc2cccc(C(F)(F)F)c2)c1. The Morgan fingerprint density at radius 3 is 2.52 bits per heavy atom. The van der Waals surface area contributed by atoms with E-state index in [1.165, 1.54) is 67.2 Å². The van der Waals surface area contributed by atoms with Crippen LogP contribution in [0.15, 0.2) is 58.4 Å². The number of nitrogens with zero attached hydrogens (tertiary/aromatic N) is 3. The molecule has 2 aromatic rings. The Morgan fingerprint density at radius 1 is 1.13 bits per heavy atom. The van der Waals surface area contributed by atoms with Crippen molar-refractivity contribution in [1.29, 1.82) is 0 Å². The van der Waals surface area contributed by atoms with Crippen molar-refractivity contribution in [3.05, 3.63) is 59.7 Å². The molecule has 1 fully saturated rings. The van der Waals surface area contributed by atoms with Crippen LogP contribution in [0.2, 0.25) is 0 Å². The van der Waals surface area contributed by atoms with E-state index in [0.29, 0.717) is 18.7 Å². The Hall–Kier alpha value is -2.37. The molecule has 0 aromatic heterocycles. The molecule has 0 saturated carbocycles. The van der Waals surface area contributed by atoms with Gasteiger partial charge in [0.05, 0.1) is 16.1 Å². The van der Waals surface area contributed by atoms with Crippen molar-refractivity contribution in [2.75, 3.05) is 26.4 Å². The molecule has 1 saturated heterocycles. The number of carbonyl (C=O) groups is 1. The van der Waals surface area contributed by atoms with Crippen LogP contribution in [-0.4, -0.2) is 55.1 Å². The number of rotatable bonds is 4. The minimum atomic E-state index is -4.50. The summed E-state index contributed by atoms with van der Waals surface area (Å²) in [5.74, 6) is 0.199. The van der Waals surface area contributed by atoms with Crippen LogP contribution in [0.3, 0.4) is 0 Å². The second kappa shape index (κ2) is 9.01. The number of carbonyl (C=O) groups excluding carboxylic acids is 1. The predicted octanol–water partition coefficient (Wildman–Crippen LogP) is 4.22. The summed E-state index contributed by atoms with van der Waals surface area (Å²) in [4.78, 5) is 18.7. The van der Waals surface area contributed by atoms with Crippen LogP contribution in [0.5, 0.6) is 0 Å². The van der Waals surface area contributed by atoms with Crippen LogP contribution >= 0.6 is 11.8 Å². The van der Waals surface area contributed by atoms with E-state index in [2.05, 4.69) is 4.99 Å². The van der Waals surface area contributed by atoms with Gasteiger partial charge < -0.3 is 0 Å². The second-order valence-corrected chi connectivity index (χ2v) is 10.1. The van der Waals surface area contributed by atoms with Gasteiger partial charge in [0.1, 0.15) is 0 Å². The van der Waals surface area contributed by atoms with Crippen molar-refractivity contribution in [3.8, 4) is 0 Å². The average molecular weight is 472 g/mol. The lowest BCUT2D eigenvalue weighted by atomic mass is 10.2. The second-order valence-electron chi connectivity index (χ2n) is 6.92. The number of hydrogen-bond donors (Lipinski definition) is 0. The molecule has 0 spiro atoms. The normalized spacial score (nSPS) is 16.7. The number of benzene rings is 2. The van der Waals surface area contributed by atoms with Crippen LogP contribution < -0.4 is 0 Å². The first kappa shape index (κ1) is 23.3. The number of aliphatic imine (C=N–C) groups is 1. The molecule has 2 aromatic carbocycles. The van der Waals surface area contributed by atoms with Gasteiger partial charge in [0.15, 0.2) is 5.17 Å². The lowest BCUT2D eigenvalue weighted by Crippen LogP contribution is -2.39. The van der Waals surface area contributed by atoms with E-state index in [9.17, 15) is 26.4 Å². The van der Waals surface area contributed by atoms with Crippen molar-refractivity contribution in [3.63, 3.8) is 0 Å². The molecule has 0 unspecified atom stereocenters. The fourth-order valence-corrected chi connectivity index (χ4v) is 4.76. The summed E-state index contributed by atoms with van der Waals surface area (Å²) in [7, 11) is -0.936. The van der Waals surface area contributed by atoms with Gasteiger partial charge in [0.2, 0.25) is 10.0 Å². The molecule has 1 aliphatic heterocycles. The molecule has 3 rings (SSSR count). The van der Waals surface area contributed by atoms with Crippen molar-refractivity contribution >= 4 is 38.5 Å². The summed E-state index contributed by atoms with van der Waals surface area (Å²) in [5.41, 5.74) is -0.585. The predicted molar refractivity (Wildman–Crippen MR) is 114 cm³/mol. The molecule has 0 aliphatic carbocycles. The summed E-state index contributed by atoms with van der Waals surface area (Å²) in [6, 6.07) is 10.2. The average Bonchev–Trinajstić information content (AvgIpc) is 2.73. The maximum atomic E-state index is 13.1. The van der Waals surface area contributed by atoms with Crippen molar-refractivity contribution < 1.29 is 26.4 Å². The Morgan fingerprint density at radius 2 is 1.84 bits per heavy atom. The summed E-state index contributed by atoms with van der Waals surface area (Å²) < 4.78 is 64.8. The fourth-order valence-electron chi connectivity index (χ4n) is 2.86. The lowest BCUT2D eigenvalue weighted by Gasteiger charge is -2.28. The molecule has 31 heavy (non-hydrogen) atoms. The Kier molecular flexibility index (Phi) is 6.77. The van der Waals surface area contributed by atoms with Crippen LogP contribution in [0.4, 0.5) is 18.9 Å². The molecule has 166 valence electrons. The van der Waals surface area contributed by atoms with Crippen molar-refractivity contribution in [1.82, 2.24) is 9.21 Å². The molecule has 0 atom stereocenters. The first-order valence-corrected chi connectivity index (χ1v) is 11.7. The van der Waals surface area contributed by atoms with E-state index < -0.39 is 27.7 Å². The molecule has 0 radical (unpaired) electrons. The number of amidine groups is 1. The third-order valence-corrected chi connectivity index (χ3v) is 7.36. The van der Waals surface area contributed by atoms with Gasteiger partial charge in [-0.15, -0.1) is 0 Å². The van der Waals surface area contributed by atoms with Gasteiger partial charge in [-0.2, -0.15) is 13.2 Å². The number of amides is 1. The fraction of sp³-hybridized carbons (Fsp3) is 0.300. The van der Waals surface area contributed by atoms with E-state index in [1.807, 2.05) is 0 Å². The van der Waals surface area contributed by atoms with Gasteiger partial charge in [-0.05, 0) is 42.8 Å². The van der Waals surface area contributed by atoms with Crippen molar-refractivity contribution in [2.24, 2.45) is 4.99 Å². The third-order valence-electron chi connectivity index (χ3n) is 4.49. The molecule has 1 heterocycles. The number of sulfonamides is 1. The molecular formula is C20H20F3N3O3S2. The van der Waals surface area contributed by atoms with E-state index in [1.54, 1.807) is 0 Å². The summed E-state index contributed by atoms with van der Waals surface area (Å²) >= 11 is 1.26. The summed E-state index contributed by atoms with van der Waals surface area (Å²) in [6.45, 7) is 0.328. The smallest absolute Gasteiger partial charge is 0.287 e. The standard InChI is InChI=1S/C20H20F3N3O3S2/c1-25(2)31(28,29)17-9-3-6-14(12-17)18(27)26-10-5-11-30-19(26)24-16-8-4-7-15(13-16)20(21,22)23/h3-4,6-9,12-13H,5,10-11H2,1-2H3. The lowest BCUT2D eigenvalue weighted by molar-refractivity contribution is -0.137. The largest absolute Gasteiger partial charge is 0.416 e. The molecule has 6 nitrogen and oxygen atoms in total. The molecule has 1 amide bonds. The van der Waals surface area contributed by atoms with Crippen LogP contribution in [-0.2, 0) is 16.2 Å². The zero-order valence-electron chi connectivity index (χ0n) is 16.8. The number of thioether (sulfide) groups is 1. The van der Waals surface area contributed by atoms with Gasteiger partial charge in [0, 0.05) is 32.0 Å². The summed E-state index contributed by atoms with van der Waals surface area (Å²) in [5, 5.41) is 0.274. The zero-order chi connectivity index (χ0) is 22.8. The van der Waals surface area contributed by atoms with Gasteiger partial charge in [-0.3, -0.25) is 9.69 Å². The molecule has 11 heteroatoms. The van der Waals surface area contributed by atoms with Gasteiger partial charge in [0.25, 0.3) is 5.91 Å². The highest BCUT2D eigenvalue weighted by Crippen LogP contribution is 2.32. The highest BCUT2D eigenvalue weighted by atomic mass is 32.2. The molecular weight excluding hydrogens is 451 g/mol. The maximum absolute atomic E-state index is 13.1. The first-order chi connectivity index (χ1) is 14.5. The minimum Gasteiger partial charge on any atom is -0.287 e. The topological polar surface area (TPSA) is 70.1 Å². The van der Waals surface area contributed by atoms with Gasteiger partial charge in [-0.25, -0.2) is 17.7 Å². The highest BCUT2D eigenvalue weighted by Gasteiger charge is 2.31. The Labute approximate surface area is 182 Å². The van der Waals surface area contributed by atoms with Crippen LogP contribution in [0.25, 0.3) is 0 Å². The van der Waals surface area contributed by atoms with Crippen LogP contribution in [0, 0.1) is 0 Å². The Bertz CT molecular complexity index is 1120. The number of alkyl halides is 3. The van der Waals surface area contributed by atoms with Gasteiger partial charge >= 0.3 is 6.18 Å². The summed E-state index contributed by atoms with van der Waals surface area (Å²) in [6.07, 6.45) is -3.82. The van der Waals surface area contributed by atoms with E-state index in [4.69, 9.17) is 0 Å². The monoisotopic (exact) mass is 471 g/mol. The zero-order valence-corrected chi connectivity index (χ0v) is 18.4. The quantitative estimate of drug-likeness (QED) is 0.670. The minimum absolute atomic E-state index is 0.0237. The maximum Gasteiger partial charge on any atom is 0.416 e. The van der Waals surface area contributed by atoms with E-state index >= 15 is 0 Å². The third kappa shape index (κ3) is 5.28. The molecule has 0 bridgehead atoms. The number of hydrogen-bond acceptors (Lipinski definition) is 5. The van der Waals surface area contributed by atoms with Gasteiger partial charge in [-0.1, -0.05) is 23.9 Å². The van der Waals surface area contributed by atoms with E-state index in [-0.39, 0.29) is 21.3 Å². The first-order valence-electron chi connectivity index (χ1n) is 9.23. The van der Waals surface area contributed by atoms with Crippen LogP contribution in [0.1, 0.15) is 22.3 Å². The molecule has 0 N–H and O–H groups in total. The molecule has 1 aliphatic rings.